The van der Waals surface area contributed by atoms with Crippen LogP contribution in [0.1, 0.15) is 33.6 Å². The summed E-state index contributed by atoms with van der Waals surface area (Å²) in [7, 11) is 0. The molecule has 7 nitrogen and oxygen atoms in total. The Hall–Kier alpha value is -1.63. The molecule has 0 unspecified atom stereocenters. The molecule has 100 valence electrons. The number of rotatable bonds is 6. The van der Waals surface area contributed by atoms with E-state index in [1.807, 2.05) is 6.92 Å². The van der Waals surface area contributed by atoms with Gasteiger partial charge in [0.05, 0.1) is 6.61 Å². The molecule has 1 aromatic rings. The van der Waals surface area contributed by atoms with Crippen LogP contribution in [0.5, 0.6) is 6.01 Å². The number of nitrogens with two attached hydrogens (primary N) is 1. The van der Waals surface area contributed by atoms with E-state index in [2.05, 4.69) is 39.5 Å². The Labute approximate surface area is 107 Å². The third-order valence-electron chi connectivity index (χ3n) is 3.05. The van der Waals surface area contributed by atoms with Gasteiger partial charge in [-0.3, -0.25) is 5.43 Å². The summed E-state index contributed by atoms with van der Waals surface area (Å²) in [6.07, 6.45) is 2.48. The van der Waals surface area contributed by atoms with Gasteiger partial charge >= 0.3 is 6.01 Å². The van der Waals surface area contributed by atoms with Gasteiger partial charge in [0, 0.05) is 5.54 Å². The maximum absolute atomic E-state index is 5.33. The van der Waals surface area contributed by atoms with Crippen molar-refractivity contribution in [2.75, 3.05) is 17.3 Å². The third-order valence-corrected chi connectivity index (χ3v) is 3.05. The Morgan fingerprint density at radius 3 is 2.50 bits per heavy atom. The van der Waals surface area contributed by atoms with Gasteiger partial charge in [-0.1, -0.05) is 0 Å². The standard InChI is InChI=1S/C11H20N6O/c1-4-18-10-14-8(13-9(15-10)17-12)16-11(2,3)7-5-6-7/h7H,4-6,12H2,1-3H3,(H2,13,14,15,16,17). The lowest BCUT2D eigenvalue weighted by atomic mass is 9.99. The van der Waals surface area contributed by atoms with E-state index in [4.69, 9.17) is 10.6 Å². The van der Waals surface area contributed by atoms with Crippen LogP contribution in [0.3, 0.4) is 0 Å². The highest BCUT2D eigenvalue weighted by atomic mass is 16.5. The molecule has 0 atom stereocenters. The van der Waals surface area contributed by atoms with Crippen molar-refractivity contribution in [2.45, 2.75) is 39.2 Å². The Balaban J connectivity index is 2.17. The molecule has 0 radical (unpaired) electrons. The van der Waals surface area contributed by atoms with Gasteiger partial charge in [0.25, 0.3) is 0 Å². The van der Waals surface area contributed by atoms with E-state index in [0.717, 1.165) is 0 Å². The molecule has 0 bridgehead atoms. The molecule has 4 N–H and O–H groups in total. The summed E-state index contributed by atoms with van der Waals surface area (Å²) >= 11 is 0. The number of nitrogens with zero attached hydrogens (tertiary/aromatic N) is 3. The fraction of sp³-hybridized carbons (Fsp3) is 0.727. The number of ether oxygens (including phenoxy) is 1. The van der Waals surface area contributed by atoms with Gasteiger partial charge in [-0.05, 0) is 39.5 Å². The molecule has 7 heteroatoms. The van der Waals surface area contributed by atoms with Gasteiger partial charge in [0.1, 0.15) is 0 Å². The van der Waals surface area contributed by atoms with Crippen molar-refractivity contribution < 1.29 is 4.74 Å². The van der Waals surface area contributed by atoms with E-state index in [1.165, 1.54) is 12.8 Å². The quantitative estimate of drug-likeness (QED) is 0.516. The minimum Gasteiger partial charge on any atom is -0.464 e. The largest absolute Gasteiger partial charge is 0.464 e. The van der Waals surface area contributed by atoms with E-state index in [9.17, 15) is 0 Å². The van der Waals surface area contributed by atoms with E-state index in [1.54, 1.807) is 0 Å². The summed E-state index contributed by atoms with van der Waals surface area (Å²) in [4.78, 5) is 12.4. The summed E-state index contributed by atoms with van der Waals surface area (Å²) in [5.74, 6) is 6.78. The third kappa shape index (κ3) is 2.98. The lowest BCUT2D eigenvalue weighted by molar-refractivity contribution is 0.312. The van der Waals surface area contributed by atoms with Crippen molar-refractivity contribution in [1.82, 2.24) is 15.0 Å². The molecule has 0 aliphatic heterocycles. The second-order valence-corrected chi connectivity index (χ2v) is 4.96. The van der Waals surface area contributed by atoms with Crippen molar-refractivity contribution >= 4 is 11.9 Å². The average Bonchev–Trinajstić information content (AvgIpc) is 3.12. The Morgan fingerprint density at radius 2 is 1.94 bits per heavy atom. The zero-order valence-corrected chi connectivity index (χ0v) is 11.0. The van der Waals surface area contributed by atoms with Crippen LogP contribution in [-0.2, 0) is 0 Å². The zero-order chi connectivity index (χ0) is 13.2. The van der Waals surface area contributed by atoms with Crippen molar-refractivity contribution in [3.8, 4) is 6.01 Å². The van der Waals surface area contributed by atoms with E-state index in [-0.39, 0.29) is 11.5 Å². The van der Waals surface area contributed by atoms with Gasteiger partial charge in [-0.15, -0.1) is 0 Å². The van der Waals surface area contributed by atoms with Crippen LogP contribution in [0.25, 0.3) is 0 Å². The molecule has 18 heavy (non-hydrogen) atoms. The van der Waals surface area contributed by atoms with Crippen molar-refractivity contribution in [1.29, 1.82) is 0 Å². The second kappa shape index (κ2) is 4.93. The van der Waals surface area contributed by atoms with Crippen LogP contribution in [0.4, 0.5) is 11.9 Å². The minimum atomic E-state index is -0.0310. The number of nitrogen functional groups attached to an aromatic ring is 1. The number of aromatic nitrogens is 3. The SMILES string of the molecule is CCOc1nc(NN)nc(NC(C)(C)C2CC2)n1. The molecule has 1 aliphatic rings. The van der Waals surface area contributed by atoms with Crippen molar-refractivity contribution in [2.24, 2.45) is 11.8 Å². The molecule has 1 aromatic heterocycles. The zero-order valence-electron chi connectivity index (χ0n) is 11.0. The number of anilines is 2. The molecule has 0 aromatic carbocycles. The second-order valence-electron chi connectivity index (χ2n) is 4.96. The van der Waals surface area contributed by atoms with Crippen LogP contribution < -0.4 is 21.3 Å². The molecular weight excluding hydrogens is 232 g/mol. The molecule has 1 saturated carbocycles. The topological polar surface area (TPSA) is 98.0 Å². The summed E-state index contributed by atoms with van der Waals surface area (Å²) in [5, 5.41) is 3.32. The predicted molar refractivity (Wildman–Crippen MR) is 69.2 cm³/mol. The van der Waals surface area contributed by atoms with Gasteiger partial charge in [-0.25, -0.2) is 5.84 Å². The smallest absolute Gasteiger partial charge is 0.323 e. The summed E-state index contributed by atoms with van der Waals surface area (Å²) in [6, 6.07) is 0.273. The van der Waals surface area contributed by atoms with E-state index < -0.39 is 0 Å². The molecular formula is C11H20N6O. The first-order valence-electron chi connectivity index (χ1n) is 6.19. The van der Waals surface area contributed by atoms with Crippen molar-refractivity contribution in [3.63, 3.8) is 0 Å². The highest BCUT2D eigenvalue weighted by Crippen LogP contribution is 2.40. The molecule has 1 fully saturated rings. The Kier molecular flexibility index (Phi) is 3.51. The molecule has 0 saturated heterocycles. The molecule has 1 aliphatic carbocycles. The van der Waals surface area contributed by atoms with E-state index in [0.29, 0.717) is 24.4 Å². The molecule has 0 amide bonds. The highest BCUT2D eigenvalue weighted by molar-refractivity contribution is 5.37. The predicted octanol–water partition coefficient (Wildman–Crippen LogP) is 1.16. The van der Waals surface area contributed by atoms with Crippen LogP contribution in [0.15, 0.2) is 0 Å². The first kappa shape index (κ1) is 12.8. The number of hydrogen-bond donors (Lipinski definition) is 3. The summed E-state index contributed by atoms with van der Waals surface area (Å²) < 4.78 is 5.28. The average molecular weight is 252 g/mol. The first-order valence-corrected chi connectivity index (χ1v) is 6.19. The fourth-order valence-electron chi connectivity index (χ4n) is 1.87. The van der Waals surface area contributed by atoms with Crippen LogP contribution >= 0.6 is 0 Å². The van der Waals surface area contributed by atoms with Gasteiger partial charge in [-0.2, -0.15) is 15.0 Å². The Bertz CT molecular complexity index is 418. The maximum Gasteiger partial charge on any atom is 0.323 e. The lowest BCUT2D eigenvalue weighted by Gasteiger charge is -2.26. The van der Waals surface area contributed by atoms with Crippen LogP contribution in [-0.4, -0.2) is 27.1 Å². The summed E-state index contributed by atoms with van der Waals surface area (Å²) in [6.45, 7) is 6.66. The molecule has 1 heterocycles. The first-order chi connectivity index (χ1) is 8.55. The van der Waals surface area contributed by atoms with Crippen molar-refractivity contribution in [3.05, 3.63) is 0 Å². The molecule has 0 spiro atoms. The number of hydrogen-bond acceptors (Lipinski definition) is 7. The molecule has 2 rings (SSSR count). The van der Waals surface area contributed by atoms with Gasteiger partial charge < -0.3 is 10.1 Å². The normalized spacial score (nSPS) is 15.3. The lowest BCUT2D eigenvalue weighted by Crippen LogP contribution is -2.34. The maximum atomic E-state index is 5.33. The van der Waals surface area contributed by atoms with Gasteiger partial charge in [0.2, 0.25) is 11.9 Å². The number of hydrazine groups is 1. The highest BCUT2D eigenvalue weighted by Gasteiger charge is 2.38. The van der Waals surface area contributed by atoms with Crippen LogP contribution in [0.2, 0.25) is 0 Å². The fourth-order valence-corrected chi connectivity index (χ4v) is 1.87. The minimum absolute atomic E-state index is 0.0310. The Morgan fingerprint density at radius 1 is 1.28 bits per heavy atom. The van der Waals surface area contributed by atoms with E-state index >= 15 is 0 Å². The van der Waals surface area contributed by atoms with Crippen LogP contribution in [0, 0.1) is 5.92 Å². The number of nitrogens with one attached hydrogen (secondary N) is 2. The monoisotopic (exact) mass is 252 g/mol. The summed E-state index contributed by atoms with van der Waals surface area (Å²) in [5.41, 5.74) is 2.38. The van der Waals surface area contributed by atoms with Gasteiger partial charge in [0.15, 0.2) is 0 Å².